The molecular formula is C34H52N4O6. The fourth-order valence-electron chi connectivity index (χ4n) is 3.61. The van der Waals surface area contributed by atoms with Crippen molar-refractivity contribution in [3.8, 4) is 0 Å². The number of ether oxygens (including phenoxy) is 2. The molecule has 0 radical (unpaired) electrons. The maximum absolute atomic E-state index is 13.4. The Morgan fingerprint density at radius 3 is 1.57 bits per heavy atom. The summed E-state index contributed by atoms with van der Waals surface area (Å²) in [5.41, 5.74) is -1.11. The first-order chi connectivity index (χ1) is 20.1. The third-order valence-corrected chi connectivity index (χ3v) is 6.47. The van der Waals surface area contributed by atoms with Crippen molar-refractivity contribution in [2.45, 2.75) is 111 Å². The van der Waals surface area contributed by atoms with Crippen molar-refractivity contribution in [3.63, 3.8) is 0 Å². The van der Waals surface area contributed by atoms with E-state index in [4.69, 9.17) is 9.47 Å². The molecule has 0 saturated carbocycles. The highest BCUT2D eigenvalue weighted by atomic mass is 16.6. The Hall–Kier alpha value is -4.08. The Bertz CT molecular complexity index is 1220. The molecule has 10 heteroatoms. The van der Waals surface area contributed by atoms with Crippen LogP contribution in [-0.2, 0) is 25.5 Å². The molecule has 1 atom stereocenters. The van der Waals surface area contributed by atoms with Crippen LogP contribution in [0.5, 0.6) is 0 Å². The van der Waals surface area contributed by atoms with Crippen LogP contribution in [0.2, 0.25) is 0 Å². The molecule has 2 rings (SSSR count). The molecule has 0 bridgehead atoms. The second-order valence-corrected chi connectivity index (χ2v) is 13.7. The summed E-state index contributed by atoms with van der Waals surface area (Å²) >= 11 is 0. The number of carbonyl (C=O) groups excluding carboxylic acids is 4. The minimum Gasteiger partial charge on any atom is -0.444 e. The van der Waals surface area contributed by atoms with Crippen molar-refractivity contribution in [1.82, 2.24) is 21.3 Å². The van der Waals surface area contributed by atoms with Crippen LogP contribution >= 0.6 is 0 Å². The summed E-state index contributed by atoms with van der Waals surface area (Å²) in [7, 11) is 0. The molecule has 44 heavy (non-hydrogen) atoms. The Morgan fingerprint density at radius 2 is 1.11 bits per heavy atom. The number of hydrogen-bond acceptors (Lipinski definition) is 6. The number of aryl methyl sites for hydroxylation is 1. The fraction of sp³-hybridized carbons (Fsp3) is 0.529. The molecule has 0 aliphatic carbocycles. The number of hydrogen-bond donors (Lipinski definition) is 4. The summed E-state index contributed by atoms with van der Waals surface area (Å²) in [5.74, 6) is -0.889. The minimum absolute atomic E-state index is 0.245. The van der Waals surface area contributed by atoms with Gasteiger partial charge in [0.1, 0.15) is 23.8 Å². The standard InChI is InChI=1S/C27H44N4O6.C7H8/c1-24(2,3)36-22(34)28-17-20(32)30-26(7,8)27(9,10)31-21(33)19(16-18-14-12-11-13-15-18)29-23(35)37-25(4,5)6;1-7-5-3-2-4-6-7/h11-15,19H,16-17H2,1-10H3,(H,28,34)(H,29,35)(H,30,32)(H,31,33);2-6H,1H3. The monoisotopic (exact) mass is 612 g/mol. The van der Waals surface area contributed by atoms with E-state index in [2.05, 4.69) is 40.3 Å². The van der Waals surface area contributed by atoms with Crippen molar-refractivity contribution >= 4 is 24.0 Å². The zero-order valence-corrected chi connectivity index (χ0v) is 28.2. The summed E-state index contributed by atoms with van der Waals surface area (Å²) < 4.78 is 10.5. The highest BCUT2D eigenvalue weighted by Gasteiger charge is 2.41. The lowest BCUT2D eigenvalue weighted by atomic mass is 9.82. The highest BCUT2D eigenvalue weighted by molar-refractivity contribution is 5.87. The minimum atomic E-state index is -0.948. The maximum atomic E-state index is 13.4. The van der Waals surface area contributed by atoms with E-state index in [9.17, 15) is 19.2 Å². The largest absolute Gasteiger partial charge is 0.444 e. The van der Waals surface area contributed by atoms with Gasteiger partial charge in [-0.15, -0.1) is 0 Å². The van der Waals surface area contributed by atoms with Crippen LogP contribution < -0.4 is 21.3 Å². The van der Waals surface area contributed by atoms with Crippen molar-refractivity contribution in [3.05, 3.63) is 71.8 Å². The van der Waals surface area contributed by atoms with Crippen molar-refractivity contribution < 1.29 is 28.7 Å². The van der Waals surface area contributed by atoms with Crippen LogP contribution in [0.3, 0.4) is 0 Å². The maximum Gasteiger partial charge on any atom is 0.408 e. The summed E-state index contributed by atoms with van der Waals surface area (Å²) in [6.07, 6.45) is -1.17. The first kappa shape index (κ1) is 37.9. The summed E-state index contributed by atoms with van der Waals surface area (Å²) in [6.45, 7) is 19.2. The second kappa shape index (κ2) is 16.1. The molecule has 0 aliphatic heterocycles. The molecule has 10 nitrogen and oxygen atoms in total. The lowest BCUT2D eigenvalue weighted by molar-refractivity contribution is -0.128. The van der Waals surface area contributed by atoms with Crippen molar-refractivity contribution in [1.29, 1.82) is 0 Å². The number of amides is 4. The molecular weight excluding hydrogens is 560 g/mol. The lowest BCUT2D eigenvalue weighted by Crippen LogP contribution is -2.68. The quantitative estimate of drug-likeness (QED) is 0.298. The van der Waals surface area contributed by atoms with Crippen LogP contribution in [0.4, 0.5) is 9.59 Å². The smallest absolute Gasteiger partial charge is 0.408 e. The van der Waals surface area contributed by atoms with Crippen molar-refractivity contribution in [2.75, 3.05) is 6.54 Å². The van der Waals surface area contributed by atoms with Crippen LogP contribution in [0.15, 0.2) is 60.7 Å². The number of benzene rings is 2. The van der Waals surface area contributed by atoms with Gasteiger partial charge in [-0.05, 0) is 81.7 Å². The molecule has 0 aromatic heterocycles. The van der Waals surface area contributed by atoms with Gasteiger partial charge in [0.05, 0.1) is 11.1 Å². The zero-order chi connectivity index (χ0) is 33.8. The Kier molecular flexibility index (Phi) is 13.9. The predicted molar refractivity (Wildman–Crippen MR) is 173 cm³/mol. The number of carbonyl (C=O) groups is 4. The summed E-state index contributed by atoms with van der Waals surface area (Å²) in [5, 5.41) is 10.9. The van der Waals surface area contributed by atoms with Gasteiger partial charge in [0, 0.05) is 6.42 Å². The first-order valence-electron chi connectivity index (χ1n) is 14.8. The Labute approximate surface area is 263 Å². The molecule has 0 heterocycles. The van der Waals surface area contributed by atoms with E-state index in [1.165, 1.54) is 5.56 Å². The van der Waals surface area contributed by atoms with E-state index in [1.54, 1.807) is 69.2 Å². The van der Waals surface area contributed by atoms with E-state index in [0.29, 0.717) is 0 Å². The molecule has 2 aromatic carbocycles. The van der Waals surface area contributed by atoms with Gasteiger partial charge >= 0.3 is 12.2 Å². The average Bonchev–Trinajstić information content (AvgIpc) is 2.86. The fourth-order valence-corrected chi connectivity index (χ4v) is 3.61. The number of nitrogens with one attached hydrogen (secondary N) is 4. The Balaban J connectivity index is 0.00000120. The van der Waals surface area contributed by atoms with Crippen LogP contribution in [0.1, 0.15) is 80.4 Å². The number of alkyl carbamates (subject to hydrolysis) is 2. The number of rotatable bonds is 9. The van der Waals surface area contributed by atoms with Gasteiger partial charge in [-0.3, -0.25) is 9.59 Å². The van der Waals surface area contributed by atoms with Gasteiger partial charge in [-0.25, -0.2) is 9.59 Å². The molecule has 0 aliphatic rings. The van der Waals surface area contributed by atoms with Gasteiger partial charge in [0.15, 0.2) is 0 Å². The van der Waals surface area contributed by atoms with E-state index in [1.807, 2.05) is 48.5 Å². The van der Waals surface area contributed by atoms with Gasteiger partial charge in [-0.2, -0.15) is 0 Å². The average molecular weight is 613 g/mol. The normalized spacial score (nSPS) is 12.4. The highest BCUT2D eigenvalue weighted by Crippen LogP contribution is 2.22. The second-order valence-electron chi connectivity index (χ2n) is 13.7. The van der Waals surface area contributed by atoms with E-state index < -0.39 is 52.3 Å². The van der Waals surface area contributed by atoms with E-state index in [-0.39, 0.29) is 13.0 Å². The predicted octanol–water partition coefficient (Wildman–Crippen LogP) is 5.43. The van der Waals surface area contributed by atoms with Crippen LogP contribution in [0, 0.1) is 6.92 Å². The molecule has 2 aromatic rings. The molecule has 244 valence electrons. The van der Waals surface area contributed by atoms with Gasteiger partial charge in [0.2, 0.25) is 11.8 Å². The van der Waals surface area contributed by atoms with E-state index in [0.717, 1.165) is 5.56 Å². The Morgan fingerprint density at radius 1 is 0.659 bits per heavy atom. The SMILES string of the molecule is CC(C)(C)OC(=O)NCC(=O)NC(C)(C)C(C)(C)NC(=O)C(Cc1ccccc1)NC(=O)OC(C)(C)C.Cc1ccccc1. The topological polar surface area (TPSA) is 135 Å². The van der Waals surface area contributed by atoms with Crippen molar-refractivity contribution in [2.24, 2.45) is 0 Å². The molecule has 1 unspecified atom stereocenters. The van der Waals surface area contributed by atoms with Gasteiger partial charge in [-0.1, -0.05) is 66.2 Å². The van der Waals surface area contributed by atoms with E-state index >= 15 is 0 Å². The third-order valence-electron chi connectivity index (χ3n) is 6.47. The van der Waals surface area contributed by atoms with Gasteiger partial charge in [0.25, 0.3) is 0 Å². The van der Waals surface area contributed by atoms with Gasteiger partial charge < -0.3 is 30.7 Å². The third kappa shape index (κ3) is 15.4. The summed E-state index contributed by atoms with van der Waals surface area (Å²) in [6, 6.07) is 18.6. The molecule has 4 amide bonds. The summed E-state index contributed by atoms with van der Waals surface area (Å²) in [4.78, 5) is 50.3. The van der Waals surface area contributed by atoms with Crippen LogP contribution in [0.25, 0.3) is 0 Å². The van der Waals surface area contributed by atoms with Crippen LogP contribution in [-0.4, -0.2) is 58.9 Å². The molecule has 0 fully saturated rings. The molecule has 0 saturated heterocycles. The zero-order valence-electron chi connectivity index (χ0n) is 28.2. The first-order valence-corrected chi connectivity index (χ1v) is 14.8. The molecule has 0 spiro atoms. The molecule has 4 N–H and O–H groups in total. The lowest BCUT2D eigenvalue weighted by Gasteiger charge is -2.43.